The van der Waals surface area contributed by atoms with Crippen LogP contribution in [0.5, 0.6) is 0 Å². The minimum Gasteiger partial charge on any atom is -0.377 e. The summed E-state index contributed by atoms with van der Waals surface area (Å²) in [5.41, 5.74) is 4.47. The van der Waals surface area contributed by atoms with Crippen LogP contribution in [0, 0.1) is 5.92 Å². The summed E-state index contributed by atoms with van der Waals surface area (Å²) < 4.78 is 15.9. The predicted molar refractivity (Wildman–Crippen MR) is 72.0 cm³/mol. The lowest BCUT2D eigenvalue weighted by molar-refractivity contribution is 0.00811. The van der Waals surface area contributed by atoms with Crippen LogP contribution in [0.4, 0.5) is 0 Å². The van der Waals surface area contributed by atoms with Crippen LogP contribution in [-0.4, -0.2) is 41.0 Å². The lowest BCUT2D eigenvalue weighted by atomic mass is 9.96. The van der Waals surface area contributed by atoms with Crippen LogP contribution >= 0.6 is 12.4 Å². The Bertz CT molecular complexity index is 189. The summed E-state index contributed by atoms with van der Waals surface area (Å²) in [6.07, 6.45) is 1.67. The van der Waals surface area contributed by atoms with Gasteiger partial charge in [-0.2, -0.15) is 0 Å². The number of halogens is 1. The van der Waals surface area contributed by atoms with Crippen LogP contribution in [0.1, 0.15) is 26.7 Å². The minimum atomic E-state index is -2.47. The highest BCUT2D eigenvalue weighted by molar-refractivity contribution is 6.60. The molecule has 2 atom stereocenters. The van der Waals surface area contributed by atoms with Crippen LogP contribution in [0.25, 0.3) is 0 Å². The summed E-state index contributed by atoms with van der Waals surface area (Å²) in [6.45, 7) is 3.54. The van der Waals surface area contributed by atoms with Crippen LogP contribution in [0.3, 0.4) is 0 Å². The van der Waals surface area contributed by atoms with E-state index in [0.717, 1.165) is 18.9 Å². The molecule has 3 N–H and O–H groups in total. The van der Waals surface area contributed by atoms with E-state index in [1.807, 2.05) is 6.92 Å². The Morgan fingerprint density at radius 1 is 1.24 bits per heavy atom. The zero-order valence-corrected chi connectivity index (χ0v) is 13.2. The van der Waals surface area contributed by atoms with E-state index in [9.17, 15) is 5.11 Å². The van der Waals surface area contributed by atoms with Gasteiger partial charge in [0.1, 0.15) is 5.72 Å². The molecule has 17 heavy (non-hydrogen) atoms. The molecule has 0 rings (SSSR count). The van der Waals surface area contributed by atoms with Gasteiger partial charge in [-0.1, -0.05) is 6.92 Å². The van der Waals surface area contributed by atoms with Gasteiger partial charge in [-0.25, -0.2) is 0 Å². The van der Waals surface area contributed by atoms with Gasteiger partial charge in [-0.15, -0.1) is 12.4 Å². The fourth-order valence-corrected chi connectivity index (χ4v) is 3.22. The summed E-state index contributed by atoms with van der Waals surface area (Å²) in [7, 11) is 2.33. The standard InChI is InChI=1S/C10H25NO4Si.ClH/c1-9(10(2,11)12)7-6-8-16(13-3,14-4)15-5;/h9,12H,6-8,11H2,1-5H3;1H. The van der Waals surface area contributed by atoms with Gasteiger partial charge >= 0.3 is 8.80 Å². The maximum absolute atomic E-state index is 9.58. The van der Waals surface area contributed by atoms with Gasteiger partial charge in [0.25, 0.3) is 0 Å². The number of rotatable bonds is 8. The van der Waals surface area contributed by atoms with Crippen LogP contribution in [-0.2, 0) is 13.3 Å². The van der Waals surface area contributed by atoms with Crippen molar-refractivity contribution in [2.75, 3.05) is 21.3 Å². The number of aliphatic hydroxyl groups is 1. The summed E-state index contributed by atoms with van der Waals surface area (Å²) in [5, 5.41) is 9.58. The van der Waals surface area contributed by atoms with Crippen LogP contribution < -0.4 is 5.73 Å². The molecule has 0 saturated carbocycles. The average molecular weight is 288 g/mol. The van der Waals surface area contributed by atoms with Crippen LogP contribution in [0.2, 0.25) is 6.04 Å². The van der Waals surface area contributed by atoms with E-state index in [1.54, 1.807) is 28.3 Å². The normalized spacial score (nSPS) is 17.1. The minimum absolute atomic E-state index is 0. The molecule has 0 fully saturated rings. The Kier molecular flexibility index (Phi) is 9.72. The monoisotopic (exact) mass is 287 g/mol. The molecule has 2 unspecified atom stereocenters. The van der Waals surface area contributed by atoms with Gasteiger partial charge in [-0.3, -0.25) is 0 Å². The highest BCUT2D eigenvalue weighted by Crippen LogP contribution is 2.22. The van der Waals surface area contributed by atoms with E-state index in [1.165, 1.54) is 0 Å². The van der Waals surface area contributed by atoms with Gasteiger partial charge in [0.05, 0.1) is 0 Å². The van der Waals surface area contributed by atoms with E-state index in [0.29, 0.717) is 0 Å². The molecule has 0 aromatic rings. The number of nitrogens with two attached hydrogens (primary N) is 1. The molecule has 0 amide bonds. The van der Waals surface area contributed by atoms with E-state index in [2.05, 4.69) is 0 Å². The lowest BCUT2D eigenvalue weighted by Crippen LogP contribution is -2.44. The maximum atomic E-state index is 9.58. The SMILES string of the molecule is CO[Si](CCCC(C)C(C)(N)O)(OC)OC.Cl. The molecule has 0 spiro atoms. The Morgan fingerprint density at radius 3 is 1.94 bits per heavy atom. The predicted octanol–water partition coefficient (Wildman–Crippen LogP) is 1.37. The molecule has 0 bridgehead atoms. The van der Waals surface area contributed by atoms with Gasteiger partial charge in [-0.05, 0) is 25.7 Å². The highest BCUT2D eigenvalue weighted by atomic mass is 35.5. The highest BCUT2D eigenvalue weighted by Gasteiger charge is 2.37. The third-order valence-corrected chi connectivity index (χ3v) is 5.88. The third-order valence-electron chi connectivity index (χ3n) is 3.05. The van der Waals surface area contributed by atoms with Crippen molar-refractivity contribution in [1.82, 2.24) is 0 Å². The molecule has 7 heteroatoms. The second-order valence-corrected chi connectivity index (χ2v) is 7.41. The van der Waals surface area contributed by atoms with Crippen molar-refractivity contribution in [3.63, 3.8) is 0 Å². The second-order valence-electron chi connectivity index (χ2n) is 4.31. The smallest absolute Gasteiger partial charge is 0.377 e. The largest absolute Gasteiger partial charge is 0.500 e. The molecule has 0 aromatic carbocycles. The zero-order valence-electron chi connectivity index (χ0n) is 11.4. The van der Waals surface area contributed by atoms with Gasteiger partial charge in [0, 0.05) is 27.4 Å². The molecule has 0 aromatic heterocycles. The third kappa shape index (κ3) is 6.71. The topological polar surface area (TPSA) is 73.9 Å². The summed E-state index contributed by atoms with van der Waals surface area (Å²) in [5.74, 6) is 0.0322. The van der Waals surface area contributed by atoms with Crippen molar-refractivity contribution in [2.24, 2.45) is 11.7 Å². The molecule has 106 valence electrons. The van der Waals surface area contributed by atoms with Gasteiger partial charge in [0.2, 0.25) is 0 Å². The van der Waals surface area contributed by atoms with Crippen molar-refractivity contribution >= 4 is 21.2 Å². The van der Waals surface area contributed by atoms with Gasteiger partial charge < -0.3 is 24.1 Å². The fourth-order valence-electron chi connectivity index (χ4n) is 1.47. The van der Waals surface area contributed by atoms with Crippen molar-refractivity contribution in [3.8, 4) is 0 Å². The van der Waals surface area contributed by atoms with Gasteiger partial charge in [0.15, 0.2) is 0 Å². The Morgan fingerprint density at radius 2 is 1.65 bits per heavy atom. The van der Waals surface area contributed by atoms with Crippen molar-refractivity contribution < 1.29 is 18.4 Å². The van der Waals surface area contributed by atoms with Crippen molar-refractivity contribution in [3.05, 3.63) is 0 Å². The number of hydrogen-bond acceptors (Lipinski definition) is 5. The zero-order chi connectivity index (χ0) is 12.8. The molecule has 0 heterocycles. The van der Waals surface area contributed by atoms with Crippen LogP contribution in [0.15, 0.2) is 0 Å². The number of hydrogen-bond donors (Lipinski definition) is 2. The first-order valence-corrected chi connectivity index (χ1v) is 7.41. The van der Waals surface area contributed by atoms with E-state index in [-0.39, 0.29) is 18.3 Å². The summed E-state index contributed by atoms with van der Waals surface area (Å²) >= 11 is 0. The first-order valence-electron chi connectivity index (χ1n) is 5.48. The van der Waals surface area contributed by atoms with E-state index >= 15 is 0 Å². The first kappa shape index (κ1) is 19.6. The molecular weight excluding hydrogens is 262 g/mol. The quantitative estimate of drug-likeness (QED) is 0.521. The molecule has 0 aliphatic carbocycles. The molecule has 0 aliphatic rings. The second kappa shape index (κ2) is 8.42. The lowest BCUT2D eigenvalue weighted by Gasteiger charge is -2.28. The molecule has 0 aliphatic heterocycles. The Labute approximate surface area is 111 Å². The first-order chi connectivity index (χ1) is 7.31. The van der Waals surface area contributed by atoms with E-state index in [4.69, 9.17) is 19.0 Å². The fraction of sp³-hybridized carbons (Fsp3) is 1.00. The summed E-state index contributed by atoms with van der Waals surface area (Å²) in [6, 6.07) is 0.733. The van der Waals surface area contributed by atoms with Crippen molar-refractivity contribution in [1.29, 1.82) is 0 Å². The molecule has 5 nitrogen and oxygen atoms in total. The molecular formula is C10H26ClNO4Si. The van der Waals surface area contributed by atoms with Crippen molar-refractivity contribution in [2.45, 2.75) is 38.5 Å². The Hall–Kier alpha value is 0.307. The summed E-state index contributed by atoms with van der Waals surface area (Å²) in [4.78, 5) is 0. The van der Waals surface area contributed by atoms with E-state index < -0.39 is 14.5 Å². The maximum Gasteiger partial charge on any atom is 0.500 e. The average Bonchev–Trinajstić information content (AvgIpc) is 2.23. The molecule has 0 saturated heterocycles. The Balaban J connectivity index is 0. The molecule has 0 radical (unpaired) electrons.